The van der Waals surface area contributed by atoms with Gasteiger partial charge in [0.15, 0.2) is 15.8 Å². The van der Waals surface area contributed by atoms with Gasteiger partial charge in [-0.05, 0) is 24.3 Å². The molecule has 3 N–H and O–H groups in total. The SMILES string of the molecule is COc1cccc2sc(NN)nc12.O=[SH](=O)c1ccccc1. The van der Waals surface area contributed by atoms with Gasteiger partial charge in [0.1, 0.15) is 11.3 Å². The Labute approximate surface area is 133 Å². The molecule has 0 unspecified atom stereocenters. The van der Waals surface area contributed by atoms with Crippen LogP contribution < -0.4 is 16.0 Å². The van der Waals surface area contributed by atoms with Crippen LogP contribution in [0.5, 0.6) is 5.75 Å². The van der Waals surface area contributed by atoms with E-state index in [9.17, 15) is 8.42 Å². The number of thiazole rings is 1. The third kappa shape index (κ3) is 3.94. The van der Waals surface area contributed by atoms with Gasteiger partial charge < -0.3 is 4.74 Å². The van der Waals surface area contributed by atoms with Gasteiger partial charge in [0, 0.05) is 0 Å². The molecule has 0 aliphatic heterocycles. The van der Waals surface area contributed by atoms with Crippen LogP contribution in [0.15, 0.2) is 53.4 Å². The van der Waals surface area contributed by atoms with Gasteiger partial charge in [-0.3, -0.25) is 5.43 Å². The lowest BCUT2D eigenvalue weighted by atomic mass is 10.3. The van der Waals surface area contributed by atoms with Gasteiger partial charge in [-0.15, -0.1) is 0 Å². The minimum Gasteiger partial charge on any atom is -0.494 e. The van der Waals surface area contributed by atoms with Crippen molar-refractivity contribution in [3.63, 3.8) is 0 Å². The predicted octanol–water partition coefficient (Wildman–Crippen LogP) is 2.25. The lowest BCUT2D eigenvalue weighted by Crippen LogP contribution is -2.05. The van der Waals surface area contributed by atoms with E-state index in [4.69, 9.17) is 10.6 Å². The molecular formula is C14H15N3O3S2. The second-order valence-corrected chi connectivity index (χ2v) is 6.12. The Hall–Kier alpha value is -2.16. The normalized spacial score (nSPS) is 10.1. The number of nitrogen functional groups attached to an aromatic ring is 1. The minimum absolute atomic E-state index is 0.368. The van der Waals surface area contributed by atoms with E-state index >= 15 is 0 Å². The van der Waals surface area contributed by atoms with Crippen LogP contribution in [0.25, 0.3) is 10.2 Å². The van der Waals surface area contributed by atoms with Crippen molar-refractivity contribution in [2.75, 3.05) is 12.5 Å². The molecule has 116 valence electrons. The number of benzene rings is 2. The molecule has 0 atom stereocenters. The fraction of sp³-hybridized carbons (Fsp3) is 0.0714. The summed E-state index contributed by atoms with van der Waals surface area (Å²) in [6, 6.07) is 14.1. The van der Waals surface area contributed by atoms with Crippen molar-refractivity contribution in [2.24, 2.45) is 5.84 Å². The maximum absolute atomic E-state index is 10.2. The van der Waals surface area contributed by atoms with Crippen LogP contribution in [-0.2, 0) is 10.7 Å². The molecule has 0 amide bonds. The standard InChI is InChI=1S/C8H9N3OS.C6H6O2S/c1-12-5-3-2-4-6-7(5)10-8(11-9)13-6;7-9(8)6-4-2-1-3-5-6/h2-4H,9H2,1H3,(H,10,11);1-5,9H. The zero-order valence-electron chi connectivity index (χ0n) is 11.7. The average Bonchev–Trinajstić information content (AvgIpc) is 2.99. The number of hydrogen-bond acceptors (Lipinski definition) is 7. The highest BCUT2D eigenvalue weighted by Crippen LogP contribution is 2.31. The first kappa shape index (κ1) is 16.2. The van der Waals surface area contributed by atoms with Gasteiger partial charge in [-0.1, -0.05) is 35.6 Å². The Kier molecular flexibility index (Phi) is 5.70. The van der Waals surface area contributed by atoms with Gasteiger partial charge in [0.2, 0.25) is 0 Å². The Balaban J connectivity index is 0.000000172. The number of nitrogens with zero attached hydrogens (tertiary/aromatic N) is 1. The minimum atomic E-state index is -2.40. The van der Waals surface area contributed by atoms with Crippen molar-refractivity contribution in [1.82, 2.24) is 4.98 Å². The Morgan fingerprint density at radius 3 is 2.41 bits per heavy atom. The number of methoxy groups -OCH3 is 1. The topological polar surface area (TPSA) is 94.3 Å². The molecule has 2 aromatic carbocycles. The summed E-state index contributed by atoms with van der Waals surface area (Å²) in [4.78, 5) is 4.63. The van der Waals surface area contributed by atoms with Crippen LogP contribution in [-0.4, -0.2) is 20.5 Å². The van der Waals surface area contributed by atoms with Crippen LogP contribution in [0.1, 0.15) is 0 Å². The fourth-order valence-electron chi connectivity index (χ4n) is 1.70. The number of thiol groups is 1. The lowest BCUT2D eigenvalue weighted by Gasteiger charge is -1.97. The number of ether oxygens (including phenoxy) is 1. The highest BCUT2D eigenvalue weighted by Gasteiger charge is 2.06. The first-order chi connectivity index (χ1) is 10.7. The van der Waals surface area contributed by atoms with Crippen molar-refractivity contribution in [3.05, 3.63) is 48.5 Å². The molecule has 0 fully saturated rings. The van der Waals surface area contributed by atoms with Crippen LogP contribution in [0, 0.1) is 0 Å². The van der Waals surface area contributed by atoms with Crippen molar-refractivity contribution in [1.29, 1.82) is 0 Å². The molecule has 0 aliphatic carbocycles. The molecule has 0 radical (unpaired) electrons. The van der Waals surface area contributed by atoms with Gasteiger partial charge in [0.05, 0.1) is 16.7 Å². The second-order valence-electron chi connectivity index (χ2n) is 4.06. The summed E-state index contributed by atoms with van der Waals surface area (Å²) in [6.07, 6.45) is 0. The molecule has 22 heavy (non-hydrogen) atoms. The summed E-state index contributed by atoms with van der Waals surface area (Å²) in [5.74, 6) is 6.04. The van der Waals surface area contributed by atoms with Gasteiger partial charge in [-0.25, -0.2) is 19.2 Å². The first-order valence-electron chi connectivity index (χ1n) is 6.25. The number of rotatable bonds is 3. The van der Waals surface area contributed by atoms with E-state index in [1.807, 2.05) is 18.2 Å². The van der Waals surface area contributed by atoms with E-state index in [1.54, 1.807) is 37.4 Å². The quantitative estimate of drug-likeness (QED) is 0.385. The van der Waals surface area contributed by atoms with Crippen molar-refractivity contribution in [3.8, 4) is 5.75 Å². The third-order valence-electron chi connectivity index (χ3n) is 2.69. The summed E-state index contributed by atoms with van der Waals surface area (Å²) >= 11 is 1.50. The monoisotopic (exact) mass is 337 g/mol. The summed E-state index contributed by atoms with van der Waals surface area (Å²) in [5.41, 5.74) is 3.37. The number of fused-ring (bicyclic) bond motifs is 1. The number of aromatic nitrogens is 1. The molecule has 0 aliphatic rings. The summed E-state index contributed by atoms with van der Waals surface area (Å²) < 4.78 is 26.7. The highest BCUT2D eigenvalue weighted by atomic mass is 32.2. The maximum atomic E-state index is 10.2. The van der Waals surface area contributed by atoms with Crippen LogP contribution in [0.3, 0.4) is 0 Å². The van der Waals surface area contributed by atoms with E-state index in [0.29, 0.717) is 10.0 Å². The number of para-hydroxylation sites is 1. The summed E-state index contributed by atoms with van der Waals surface area (Å²) in [6.45, 7) is 0. The molecule has 0 bridgehead atoms. The smallest absolute Gasteiger partial charge is 0.198 e. The highest BCUT2D eigenvalue weighted by molar-refractivity contribution is 7.72. The summed E-state index contributed by atoms with van der Waals surface area (Å²) in [7, 11) is -0.767. The largest absolute Gasteiger partial charge is 0.494 e. The van der Waals surface area contributed by atoms with E-state index in [-0.39, 0.29) is 0 Å². The van der Waals surface area contributed by atoms with E-state index < -0.39 is 10.7 Å². The van der Waals surface area contributed by atoms with Crippen molar-refractivity contribution in [2.45, 2.75) is 4.90 Å². The molecule has 3 aromatic rings. The predicted molar refractivity (Wildman–Crippen MR) is 89.0 cm³/mol. The molecule has 1 heterocycles. The van der Waals surface area contributed by atoms with Crippen LogP contribution in [0.4, 0.5) is 5.13 Å². The molecule has 1 aromatic heterocycles. The second kappa shape index (κ2) is 7.74. The molecule has 0 saturated heterocycles. The van der Waals surface area contributed by atoms with Crippen LogP contribution in [0.2, 0.25) is 0 Å². The van der Waals surface area contributed by atoms with Crippen molar-refractivity contribution < 1.29 is 13.2 Å². The number of nitrogens with one attached hydrogen (secondary N) is 1. The average molecular weight is 337 g/mol. The lowest BCUT2D eigenvalue weighted by molar-refractivity contribution is 0.419. The number of hydrogen-bond donors (Lipinski definition) is 3. The van der Waals surface area contributed by atoms with Gasteiger partial charge in [0.25, 0.3) is 0 Å². The maximum Gasteiger partial charge on any atom is 0.198 e. The van der Waals surface area contributed by atoms with Gasteiger partial charge >= 0.3 is 0 Å². The third-order valence-corrected chi connectivity index (χ3v) is 4.36. The van der Waals surface area contributed by atoms with Gasteiger partial charge in [-0.2, -0.15) is 0 Å². The zero-order valence-corrected chi connectivity index (χ0v) is 13.4. The molecule has 6 nitrogen and oxygen atoms in total. The Morgan fingerprint density at radius 1 is 1.14 bits per heavy atom. The Morgan fingerprint density at radius 2 is 1.86 bits per heavy atom. The number of hydrazine groups is 1. The molecule has 3 rings (SSSR count). The fourth-order valence-corrected chi connectivity index (χ4v) is 2.91. The molecule has 8 heteroatoms. The number of anilines is 1. The molecule has 0 spiro atoms. The first-order valence-corrected chi connectivity index (χ1v) is 8.24. The number of nitrogens with two attached hydrogens (primary N) is 1. The molecular weight excluding hydrogens is 322 g/mol. The van der Waals surface area contributed by atoms with E-state index in [0.717, 1.165) is 16.0 Å². The van der Waals surface area contributed by atoms with E-state index in [1.165, 1.54) is 11.3 Å². The van der Waals surface area contributed by atoms with E-state index in [2.05, 4.69) is 10.4 Å². The molecule has 0 saturated carbocycles. The summed E-state index contributed by atoms with van der Waals surface area (Å²) in [5, 5.41) is 0.694. The zero-order chi connectivity index (χ0) is 15.9. The van der Waals surface area contributed by atoms with Crippen molar-refractivity contribution >= 4 is 37.4 Å². The Bertz CT molecular complexity index is 809. The van der Waals surface area contributed by atoms with Crippen LogP contribution >= 0.6 is 11.3 Å².